The Morgan fingerprint density at radius 3 is 2.50 bits per heavy atom. The van der Waals surface area contributed by atoms with Crippen molar-refractivity contribution >= 4 is 11.8 Å². The molecule has 2 nitrogen and oxygen atoms in total. The van der Waals surface area contributed by atoms with E-state index in [1.807, 2.05) is 7.05 Å². The molecular formula is C7H16N2S. The molecule has 0 aromatic heterocycles. The molecule has 0 heterocycles. The number of nitrogens with two attached hydrogens (primary N) is 1. The highest BCUT2D eigenvalue weighted by atomic mass is 32.2. The van der Waals surface area contributed by atoms with Gasteiger partial charge in [-0.25, -0.2) is 0 Å². The quantitative estimate of drug-likeness (QED) is 0.648. The first-order valence-electron chi connectivity index (χ1n) is 3.27. The summed E-state index contributed by atoms with van der Waals surface area (Å²) in [5, 5.41) is 3.94. The Morgan fingerprint density at radius 2 is 2.20 bits per heavy atom. The fourth-order valence-corrected chi connectivity index (χ4v) is 1.28. The zero-order valence-electron chi connectivity index (χ0n) is 6.90. The average Bonchev–Trinajstić information content (AvgIpc) is 1.87. The first-order chi connectivity index (χ1) is 4.52. The van der Waals surface area contributed by atoms with Gasteiger partial charge in [0.25, 0.3) is 0 Å². The van der Waals surface area contributed by atoms with E-state index >= 15 is 0 Å². The van der Waals surface area contributed by atoms with Gasteiger partial charge in [-0.2, -0.15) is 0 Å². The standard InChI is InChI=1S/C7H16N2S/c1-6(9-4)10-7(2,3)5-8/h9H,1,5,8H2,2-4H3. The Morgan fingerprint density at radius 1 is 1.70 bits per heavy atom. The van der Waals surface area contributed by atoms with Crippen LogP contribution in [0.2, 0.25) is 0 Å². The van der Waals surface area contributed by atoms with Crippen LogP contribution >= 0.6 is 11.8 Å². The molecule has 0 spiro atoms. The Balaban J connectivity index is 3.76. The Hall–Kier alpha value is -0.150. The Kier molecular flexibility index (Phi) is 3.83. The third kappa shape index (κ3) is 3.80. The van der Waals surface area contributed by atoms with E-state index in [0.717, 1.165) is 5.03 Å². The third-order valence-corrected chi connectivity index (χ3v) is 2.34. The summed E-state index contributed by atoms with van der Waals surface area (Å²) in [4.78, 5) is 0. The molecule has 0 saturated heterocycles. The van der Waals surface area contributed by atoms with Crippen molar-refractivity contribution in [2.24, 2.45) is 5.73 Å². The lowest BCUT2D eigenvalue weighted by molar-refractivity contribution is 0.724. The van der Waals surface area contributed by atoms with E-state index in [9.17, 15) is 0 Å². The Bertz CT molecular complexity index is 121. The zero-order chi connectivity index (χ0) is 8.20. The van der Waals surface area contributed by atoms with Gasteiger partial charge in [0.2, 0.25) is 0 Å². The van der Waals surface area contributed by atoms with Crippen molar-refractivity contribution in [3.8, 4) is 0 Å². The number of nitrogens with one attached hydrogen (secondary N) is 1. The second-order valence-electron chi connectivity index (χ2n) is 2.74. The van der Waals surface area contributed by atoms with Crippen LogP contribution in [0.1, 0.15) is 13.8 Å². The molecule has 60 valence electrons. The first kappa shape index (κ1) is 9.85. The van der Waals surface area contributed by atoms with Gasteiger partial charge in [0.1, 0.15) is 0 Å². The molecule has 0 rings (SSSR count). The molecule has 0 saturated carbocycles. The molecule has 0 bridgehead atoms. The minimum Gasteiger partial charge on any atom is -0.383 e. The van der Waals surface area contributed by atoms with Gasteiger partial charge in [-0.3, -0.25) is 0 Å². The summed E-state index contributed by atoms with van der Waals surface area (Å²) in [7, 11) is 1.86. The molecule has 10 heavy (non-hydrogen) atoms. The van der Waals surface area contributed by atoms with Crippen molar-refractivity contribution in [3.63, 3.8) is 0 Å². The highest BCUT2D eigenvalue weighted by Gasteiger charge is 2.16. The molecule has 0 unspecified atom stereocenters. The summed E-state index contributed by atoms with van der Waals surface area (Å²) >= 11 is 1.67. The van der Waals surface area contributed by atoms with Crippen molar-refractivity contribution in [2.75, 3.05) is 13.6 Å². The van der Waals surface area contributed by atoms with Crippen LogP contribution in [0.4, 0.5) is 0 Å². The second kappa shape index (κ2) is 3.88. The van der Waals surface area contributed by atoms with E-state index < -0.39 is 0 Å². The van der Waals surface area contributed by atoms with Crippen molar-refractivity contribution in [3.05, 3.63) is 11.6 Å². The molecule has 0 fully saturated rings. The normalized spacial score (nSPS) is 11.2. The number of rotatable bonds is 4. The van der Waals surface area contributed by atoms with Crippen LogP contribution in [0, 0.1) is 0 Å². The molecule has 3 heteroatoms. The summed E-state index contributed by atoms with van der Waals surface area (Å²) in [6.07, 6.45) is 0. The molecule has 0 aromatic carbocycles. The summed E-state index contributed by atoms with van der Waals surface area (Å²) < 4.78 is 0.0973. The highest BCUT2D eigenvalue weighted by molar-refractivity contribution is 8.04. The predicted molar refractivity (Wildman–Crippen MR) is 48.9 cm³/mol. The van der Waals surface area contributed by atoms with Crippen molar-refractivity contribution in [2.45, 2.75) is 18.6 Å². The van der Waals surface area contributed by atoms with Crippen LogP contribution in [-0.4, -0.2) is 18.3 Å². The SMILES string of the molecule is C=C(NC)SC(C)(C)CN. The van der Waals surface area contributed by atoms with Gasteiger partial charge in [0, 0.05) is 18.3 Å². The smallest absolute Gasteiger partial charge is 0.0611 e. The molecular weight excluding hydrogens is 144 g/mol. The molecule has 0 radical (unpaired) electrons. The monoisotopic (exact) mass is 160 g/mol. The Labute approximate surface area is 67.3 Å². The maximum atomic E-state index is 5.52. The molecule has 0 aliphatic rings. The van der Waals surface area contributed by atoms with E-state index in [-0.39, 0.29) is 4.75 Å². The summed E-state index contributed by atoms with van der Waals surface area (Å²) in [5.41, 5.74) is 5.52. The minimum absolute atomic E-state index is 0.0973. The maximum Gasteiger partial charge on any atom is 0.0611 e. The first-order valence-corrected chi connectivity index (χ1v) is 4.09. The van der Waals surface area contributed by atoms with E-state index in [1.54, 1.807) is 11.8 Å². The molecule has 3 N–H and O–H groups in total. The number of hydrogen-bond acceptors (Lipinski definition) is 3. The van der Waals surface area contributed by atoms with Crippen LogP contribution in [0.25, 0.3) is 0 Å². The van der Waals surface area contributed by atoms with Crippen LogP contribution in [0.3, 0.4) is 0 Å². The number of hydrogen-bond donors (Lipinski definition) is 2. The lowest BCUT2D eigenvalue weighted by Gasteiger charge is -2.22. The molecule has 0 atom stereocenters. The zero-order valence-corrected chi connectivity index (χ0v) is 7.72. The van der Waals surface area contributed by atoms with Crippen LogP contribution in [0.15, 0.2) is 11.6 Å². The molecule has 0 amide bonds. The van der Waals surface area contributed by atoms with Gasteiger partial charge in [-0.05, 0) is 13.8 Å². The van der Waals surface area contributed by atoms with Gasteiger partial charge < -0.3 is 11.1 Å². The van der Waals surface area contributed by atoms with E-state index in [1.165, 1.54) is 0 Å². The number of thioether (sulfide) groups is 1. The third-order valence-electron chi connectivity index (χ3n) is 1.17. The summed E-state index contributed by atoms with van der Waals surface area (Å²) in [6.45, 7) is 8.66. The van der Waals surface area contributed by atoms with Crippen molar-refractivity contribution in [1.82, 2.24) is 5.32 Å². The molecule has 0 aromatic rings. The van der Waals surface area contributed by atoms with Gasteiger partial charge >= 0.3 is 0 Å². The van der Waals surface area contributed by atoms with Gasteiger partial charge in [-0.15, -0.1) is 11.8 Å². The lowest BCUT2D eigenvalue weighted by atomic mass is 10.2. The topological polar surface area (TPSA) is 38.0 Å². The maximum absolute atomic E-state index is 5.52. The van der Waals surface area contributed by atoms with E-state index in [4.69, 9.17) is 5.73 Å². The van der Waals surface area contributed by atoms with Gasteiger partial charge in [0.05, 0.1) is 5.03 Å². The van der Waals surface area contributed by atoms with Crippen LogP contribution in [-0.2, 0) is 0 Å². The van der Waals surface area contributed by atoms with E-state index in [0.29, 0.717) is 6.54 Å². The van der Waals surface area contributed by atoms with Gasteiger partial charge in [0.15, 0.2) is 0 Å². The molecule has 0 aliphatic carbocycles. The lowest BCUT2D eigenvalue weighted by Crippen LogP contribution is -2.28. The van der Waals surface area contributed by atoms with E-state index in [2.05, 4.69) is 25.7 Å². The van der Waals surface area contributed by atoms with Crippen LogP contribution in [0.5, 0.6) is 0 Å². The van der Waals surface area contributed by atoms with Crippen molar-refractivity contribution in [1.29, 1.82) is 0 Å². The molecule has 0 aliphatic heterocycles. The van der Waals surface area contributed by atoms with Crippen LogP contribution < -0.4 is 11.1 Å². The predicted octanol–water partition coefficient (Wildman–Crippen LogP) is 1.15. The fourth-order valence-electron chi connectivity index (χ4n) is 0.426. The summed E-state index contributed by atoms with van der Waals surface area (Å²) in [5.74, 6) is 0. The highest BCUT2D eigenvalue weighted by Crippen LogP contribution is 2.27. The second-order valence-corrected chi connectivity index (χ2v) is 4.54. The fraction of sp³-hybridized carbons (Fsp3) is 0.714. The summed E-state index contributed by atoms with van der Waals surface area (Å²) in [6, 6.07) is 0. The largest absolute Gasteiger partial charge is 0.383 e. The minimum atomic E-state index is 0.0973. The van der Waals surface area contributed by atoms with Gasteiger partial charge in [-0.1, -0.05) is 6.58 Å². The average molecular weight is 160 g/mol. The van der Waals surface area contributed by atoms with Crippen molar-refractivity contribution < 1.29 is 0 Å².